The fraction of sp³-hybridized carbons (Fsp3) is 0.550. The zero-order chi connectivity index (χ0) is 18.7. The summed E-state index contributed by atoms with van der Waals surface area (Å²) in [6.45, 7) is 8.72. The third-order valence-electron chi connectivity index (χ3n) is 4.82. The molecule has 1 amide bonds. The first-order valence-electron chi connectivity index (χ1n) is 9.39. The molecule has 140 valence electrons. The van der Waals surface area contributed by atoms with E-state index in [4.69, 9.17) is 0 Å². The van der Waals surface area contributed by atoms with Crippen molar-refractivity contribution in [3.05, 3.63) is 34.6 Å². The smallest absolute Gasteiger partial charge is 0.262 e. The lowest BCUT2D eigenvalue weighted by molar-refractivity contribution is -0.130. The minimum atomic E-state index is -0.0207. The summed E-state index contributed by atoms with van der Waals surface area (Å²) in [6.07, 6.45) is 2.03. The highest BCUT2D eigenvalue weighted by atomic mass is 32.2. The first-order chi connectivity index (χ1) is 12.5. The Morgan fingerprint density at radius 1 is 1.23 bits per heavy atom. The van der Waals surface area contributed by atoms with Gasteiger partial charge in [0.15, 0.2) is 5.16 Å². The number of nitrogens with zero attached hydrogens (tertiary/aromatic N) is 3. The van der Waals surface area contributed by atoms with Gasteiger partial charge in [0.1, 0.15) is 0 Å². The second kappa shape index (κ2) is 8.25. The Balaban J connectivity index is 1.80. The molecule has 2 aromatic rings. The van der Waals surface area contributed by atoms with Crippen LogP contribution in [0.2, 0.25) is 0 Å². The number of likely N-dealkylation sites (tertiary alicyclic amines) is 1. The number of thioether (sulfide) groups is 1. The Labute approximate surface area is 158 Å². The molecule has 26 heavy (non-hydrogen) atoms. The molecule has 1 aromatic carbocycles. The van der Waals surface area contributed by atoms with Gasteiger partial charge >= 0.3 is 0 Å². The van der Waals surface area contributed by atoms with Crippen molar-refractivity contribution >= 4 is 28.6 Å². The molecule has 1 fully saturated rings. The van der Waals surface area contributed by atoms with Gasteiger partial charge in [-0.2, -0.15) is 0 Å². The average Bonchev–Trinajstić information content (AvgIpc) is 2.61. The van der Waals surface area contributed by atoms with Gasteiger partial charge < -0.3 is 4.90 Å². The molecule has 1 aliphatic heterocycles. The van der Waals surface area contributed by atoms with Crippen LogP contribution in [0.1, 0.15) is 33.6 Å². The molecule has 1 aromatic heterocycles. The fourth-order valence-electron chi connectivity index (χ4n) is 3.76. The number of benzene rings is 1. The molecular weight excluding hydrogens is 346 g/mol. The molecule has 6 heteroatoms. The summed E-state index contributed by atoms with van der Waals surface area (Å²) in [4.78, 5) is 32.1. The van der Waals surface area contributed by atoms with Crippen LogP contribution in [-0.4, -0.2) is 39.2 Å². The number of hydrogen-bond donors (Lipinski definition) is 0. The molecule has 0 aliphatic carbocycles. The number of carbonyl (C=O) groups is 1. The molecule has 0 unspecified atom stereocenters. The Bertz CT molecular complexity index is 839. The van der Waals surface area contributed by atoms with Gasteiger partial charge in [0, 0.05) is 19.6 Å². The SMILES string of the molecule is CCCn1c(SCC(=O)N2C[C@@H](C)C[C@H](C)C2)nc2ccccc2c1=O. The number of para-hydroxylation sites is 1. The Morgan fingerprint density at radius 3 is 2.62 bits per heavy atom. The van der Waals surface area contributed by atoms with Crippen LogP contribution in [0.4, 0.5) is 0 Å². The lowest BCUT2D eigenvalue weighted by atomic mass is 9.92. The number of fused-ring (bicyclic) bond motifs is 1. The summed E-state index contributed by atoms with van der Waals surface area (Å²) in [5, 5.41) is 1.28. The van der Waals surface area contributed by atoms with Crippen molar-refractivity contribution in [3.63, 3.8) is 0 Å². The van der Waals surface area contributed by atoms with E-state index in [9.17, 15) is 9.59 Å². The van der Waals surface area contributed by atoms with Crippen LogP contribution < -0.4 is 5.56 Å². The second-order valence-corrected chi connectivity index (χ2v) is 8.34. The highest BCUT2D eigenvalue weighted by Crippen LogP contribution is 2.23. The first-order valence-corrected chi connectivity index (χ1v) is 10.4. The monoisotopic (exact) mass is 373 g/mol. The van der Waals surface area contributed by atoms with E-state index < -0.39 is 0 Å². The van der Waals surface area contributed by atoms with E-state index >= 15 is 0 Å². The minimum Gasteiger partial charge on any atom is -0.341 e. The maximum absolute atomic E-state index is 12.8. The number of rotatable bonds is 5. The molecule has 2 heterocycles. The summed E-state index contributed by atoms with van der Waals surface area (Å²) < 4.78 is 1.71. The molecule has 0 spiro atoms. The van der Waals surface area contributed by atoms with Crippen molar-refractivity contribution in [2.24, 2.45) is 11.8 Å². The highest BCUT2D eigenvalue weighted by Gasteiger charge is 2.25. The van der Waals surface area contributed by atoms with Crippen molar-refractivity contribution < 1.29 is 4.79 Å². The van der Waals surface area contributed by atoms with Gasteiger partial charge in [-0.1, -0.05) is 44.7 Å². The largest absolute Gasteiger partial charge is 0.341 e. The molecule has 0 saturated carbocycles. The predicted octanol–water partition coefficient (Wildman–Crippen LogP) is 3.40. The quantitative estimate of drug-likeness (QED) is 0.595. The molecule has 3 rings (SSSR count). The second-order valence-electron chi connectivity index (χ2n) is 7.40. The van der Waals surface area contributed by atoms with Gasteiger partial charge in [0.05, 0.1) is 16.7 Å². The standard InChI is InChI=1S/C20H27N3O2S/c1-4-9-23-19(25)16-7-5-6-8-17(16)21-20(23)26-13-18(24)22-11-14(2)10-15(3)12-22/h5-8,14-15H,4,9-13H2,1-3H3/t14-,15-/m0/s1. The van der Waals surface area contributed by atoms with Crippen LogP contribution >= 0.6 is 11.8 Å². The zero-order valence-corrected chi connectivity index (χ0v) is 16.6. The van der Waals surface area contributed by atoms with E-state index in [0.717, 1.165) is 19.5 Å². The molecule has 2 atom stereocenters. The molecular formula is C20H27N3O2S. The maximum atomic E-state index is 12.8. The van der Waals surface area contributed by atoms with E-state index in [1.807, 2.05) is 36.1 Å². The highest BCUT2D eigenvalue weighted by molar-refractivity contribution is 7.99. The zero-order valence-electron chi connectivity index (χ0n) is 15.8. The van der Waals surface area contributed by atoms with Gasteiger partial charge in [-0.05, 0) is 36.8 Å². The number of piperidine rings is 1. The predicted molar refractivity (Wildman–Crippen MR) is 107 cm³/mol. The minimum absolute atomic E-state index is 0.0207. The molecule has 5 nitrogen and oxygen atoms in total. The van der Waals surface area contributed by atoms with E-state index in [2.05, 4.69) is 18.8 Å². The maximum Gasteiger partial charge on any atom is 0.262 e. The average molecular weight is 374 g/mol. The van der Waals surface area contributed by atoms with Crippen molar-refractivity contribution in [2.45, 2.75) is 45.3 Å². The number of hydrogen-bond acceptors (Lipinski definition) is 4. The normalized spacial score (nSPS) is 20.5. The van der Waals surface area contributed by atoms with Crippen LogP contribution in [-0.2, 0) is 11.3 Å². The van der Waals surface area contributed by atoms with Gasteiger partial charge in [-0.25, -0.2) is 4.98 Å². The summed E-state index contributed by atoms with van der Waals surface area (Å²) in [7, 11) is 0. The number of aromatic nitrogens is 2. The Kier molecular flexibility index (Phi) is 6.01. The Morgan fingerprint density at radius 2 is 1.92 bits per heavy atom. The first kappa shape index (κ1) is 19.0. The van der Waals surface area contributed by atoms with Gasteiger partial charge in [-0.15, -0.1) is 0 Å². The molecule has 1 saturated heterocycles. The summed E-state index contributed by atoms with van der Waals surface area (Å²) in [5.74, 6) is 1.56. The summed E-state index contributed by atoms with van der Waals surface area (Å²) in [5.41, 5.74) is 0.674. The van der Waals surface area contributed by atoms with E-state index in [-0.39, 0.29) is 11.5 Å². The third kappa shape index (κ3) is 4.11. The van der Waals surface area contributed by atoms with Gasteiger partial charge in [0.2, 0.25) is 5.91 Å². The molecule has 0 N–H and O–H groups in total. The molecule has 0 bridgehead atoms. The summed E-state index contributed by atoms with van der Waals surface area (Å²) in [6, 6.07) is 7.41. The van der Waals surface area contributed by atoms with E-state index in [1.54, 1.807) is 4.57 Å². The van der Waals surface area contributed by atoms with Crippen LogP contribution in [0.5, 0.6) is 0 Å². The topological polar surface area (TPSA) is 55.2 Å². The summed E-state index contributed by atoms with van der Waals surface area (Å²) >= 11 is 1.38. The lowest BCUT2D eigenvalue weighted by Gasteiger charge is -2.35. The molecule has 1 aliphatic rings. The number of carbonyl (C=O) groups excluding carboxylic acids is 1. The van der Waals surface area contributed by atoms with Crippen LogP contribution in [0.25, 0.3) is 10.9 Å². The fourth-order valence-corrected chi connectivity index (χ4v) is 4.69. The lowest BCUT2D eigenvalue weighted by Crippen LogP contribution is -2.43. The van der Waals surface area contributed by atoms with E-state index in [0.29, 0.717) is 40.2 Å². The van der Waals surface area contributed by atoms with Crippen molar-refractivity contribution in [2.75, 3.05) is 18.8 Å². The molecule has 0 radical (unpaired) electrons. The number of amides is 1. The Hall–Kier alpha value is -1.82. The van der Waals surface area contributed by atoms with Crippen LogP contribution in [0, 0.1) is 11.8 Å². The van der Waals surface area contributed by atoms with Crippen LogP contribution in [0.3, 0.4) is 0 Å². The third-order valence-corrected chi connectivity index (χ3v) is 5.78. The van der Waals surface area contributed by atoms with Gasteiger partial charge in [-0.3, -0.25) is 14.2 Å². The van der Waals surface area contributed by atoms with Gasteiger partial charge in [0.25, 0.3) is 5.56 Å². The van der Waals surface area contributed by atoms with Crippen LogP contribution in [0.15, 0.2) is 34.2 Å². The van der Waals surface area contributed by atoms with E-state index in [1.165, 1.54) is 18.2 Å². The van der Waals surface area contributed by atoms with Crippen molar-refractivity contribution in [3.8, 4) is 0 Å². The van der Waals surface area contributed by atoms with Crippen molar-refractivity contribution in [1.29, 1.82) is 0 Å². The van der Waals surface area contributed by atoms with Crippen molar-refractivity contribution in [1.82, 2.24) is 14.5 Å².